The average Bonchev–Trinajstić information content (AvgIpc) is 2.85. The summed E-state index contributed by atoms with van der Waals surface area (Å²) < 4.78 is 32.4. The molecule has 1 aromatic rings. The molecule has 1 aromatic carbocycles. The van der Waals surface area contributed by atoms with Crippen molar-refractivity contribution in [1.29, 1.82) is 0 Å². The highest BCUT2D eigenvalue weighted by Gasteiger charge is 2.55. The summed E-state index contributed by atoms with van der Waals surface area (Å²) in [6.45, 7) is 3.03. The molecule has 2 rings (SSSR count). The number of hydrogen-bond acceptors (Lipinski definition) is 13. The monoisotopic (exact) mass is 540 g/mol. The Morgan fingerprint density at radius 3 is 2.13 bits per heavy atom. The van der Waals surface area contributed by atoms with Gasteiger partial charge in [0, 0.05) is 45.8 Å². The molecule has 0 spiro atoms. The topological polar surface area (TPSA) is 199 Å². The summed E-state index contributed by atoms with van der Waals surface area (Å²) in [5.74, 6) is -3.66. The number of esters is 4. The van der Waals surface area contributed by atoms with E-state index in [1.54, 1.807) is 6.07 Å². The molecule has 1 amide bonds. The molecule has 0 unspecified atom stereocenters. The zero-order valence-electron chi connectivity index (χ0n) is 21.5. The Labute approximate surface area is 218 Å². The van der Waals surface area contributed by atoms with Gasteiger partial charge >= 0.3 is 23.9 Å². The van der Waals surface area contributed by atoms with Crippen LogP contribution in [0.3, 0.4) is 0 Å². The summed E-state index contributed by atoms with van der Waals surface area (Å²) in [5.41, 5.74) is 6.31. The Bertz CT molecular complexity index is 1030. The third-order valence-corrected chi connectivity index (χ3v) is 5.23. The summed E-state index contributed by atoms with van der Waals surface area (Å²) in [5, 5.41) is 12.2. The lowest BCUT2D eigenvalue weighted by Crippen LogP contribution is -2.64. The lowest BCUT2D eigenvalue weighted by atomic mass is 9.97. The van der Waals surface area contributed by atoms with Gasteiger partial charge in [-0.2, -0.15) is 0 Å². The highest BCUT2D eigenvalue weighted by molar-refractivity contribution is 5.77. The van der Waals surface area contributed by atoms with E-state index in [1.165, 1.54) is 12.1 Å². The highest BCUT2D eigenvalue weighted by Crippen LogP contribution is 2.32. The number of hydrogen-bond donors (Lipinski definition) is 3. The first kappa shape index (κ1) is 30.5. The van der Waals surface area contributed by atoms with E-state index in [2.05, 4.69) is 5.32 Å². The van der Waals surface area contributed by atoms with E-state index in [-0.39, 0.29) is 37.8 Å². The van der Waals surface area contributed by atoms with Gasteiger partial charge in [0.25, 0.3) is 0 Å². The Morgan fingerprint density at radius 2 is 1.58 bits per heavy atom. The van der Waals surface area contributed by atoms with Gasteiger partial charge in [-0.3, -0.25) is 19.2 Å². The molecule has 4 N–H and O–H groups in total. The van der Waals surface area contributed by atoms with Crippen LogP contribution in [0.2, 0.25) is 0 Å². The molecule has 0 bridgehead atoms. The lowest BCUT2D eigenvalue weighted by Gasteiger charge is -2.43. The van der Waals surface area contributed by atoms with Gasteiger partial charge in [-0.15, -0.1) is 0 Å². The van der Waals surface area contributed by atoms with Crippen molar-refractivity contribution in [3.63, 3.8) is 0 Å². The number of aliphatic hydroxyl groups excluding tert-OH is 1. The van der Waals surface area contributed by atoms with E-state index in [0.29, 0.717) is 11.1 Å². The van der Waals surface area contributed by atoms with Crippen LogP contribution < -0.4 is 15.8 Å². The van der Waals surface area contributed by atoms with Crippen molar-refractivity contribution in [2.75, 3.05) is 13.7 Å². The van der Waals surface area contributed by atoms with Crippen LogP contribution in [-0.2, 0) is 60.8 Å². The fourth-order valence-corrected chi connectivity index (χ4v) is 3.70. The number of carbonyl (C=O) groups is 5. The Balaban J connectivity index is 2.52. The van der Waals surface area contributed by atoms with Gasteiger partial charge in [0.1, 0.15) is 5.75 Å². The molecule has 14 nitrogen and oxygen atoms in total. The van der Waals surface area contributed by atoms with E-state index in [1.807, 2.05) is 0 Å². The third kappa shape index (κ3) is 8.39. The van der Waals surface area contributed by atoms with Crippen molar-refractivity contribution in [3.8, 4) is 5.75 Å². The number of methoxy groups -OCH3 is 1. The molecule has 38 heavy (non-hydrogen) atoms. The summed E-state index contributed by atoms with van der Waals surface area (Å²) in [4.78, 5) is 60.3. The molecule has 1 fully saturated rings. The van der Waals surface area contributed by atoms with Crippen molar-refractivity contribution in [3.05, 3.63) is 29.3 Å². The number of aliphatic hydroxyl groups is 1. The number of nitrogens with one attached hydrogen (secondary N) is 1. The summed E-state index contributed by atoms with van der Waals surface area (Å²) in [6.07, 6.45) is -7.68. The molecule has 210 valence electrons. The van der Waals surface area contributed by atoms with E-state index in [4.69, 9.17) is 34.2 Å². The second-order valence-electron chi connectivity index (χ2n) is 8.20. The fraction of sp³-hybridized carbons (Fsp3) is 0.542. The maximum absolute atomic E-state index is 12.6. The largest absolute Gasteiger partial charge is 0.467 e. The van der Waals surface area contributed by atoms with Gasteiger partial charge in [0.05, 0.1) is 13.7 Å². The van der Waals surface area contributed by atoms with Gasteiger partial charge in [-0.25, -0.2) is 4.79 Å². The van der Waals surface area contributed by atoms with Crippen molar-refractivity contribution in [2.45, 2.75) is 71.0 Å². The van der Waals surface area contributed by atoms with Crippen LogP contribution in [0.4, 0.5) is 0 Å². The normalized spacial score (nSPS) is 22.5. The lowest BCUT2D eigenvalue weighted by molar-refractivity contribution is -0.282. The first-order chi connectivity index (χ1) is 18.0. The fourth-order valence-electron chi connectivity index (χ4n) is 3.70. The Hall–Kier alpha value is -3.75. The van der Waals surface area contributed by atoms with Gasteiger partial charge in [0.15, 0.2) is 18.3 Å². The minimum Gasteiger partial charge on any atom is -0.467 e. The second-order valence-corrected chi connectivity index (χ2v) is 8.20. The van der Waals surface area contributed by atoms with E-state index in [9.17, 15) is 29.1 Å². The number of benzene rings is 1. The first-order valence-electron chi connectivity index (χ1n) is 11.6. The molecule has 5 atom stereocenters. The van der Waals surface area contributed by atoms with Crippen LogP contribution in [0.5, 0.6) is 5.75 Å². The molecule has 0 saturated carbocycles. The number of carbonyl (C=O) groups excluding carboxylic acids is 5. The molecular formula is C24H32N2O12. The number of nitrogens with two attached hydrogens (primary N) is 1. The Kier molecular flexibility index (Phi) is 11.4. The van der Waals surface area contributed by atoms with Crippen LogP contribution >= 0.6 is 0 Å². The zero-order chi connectivity index (χ0) is 28.4. The van der Waals surface area contributed by atoms with E-state index in [0.717, 1.165) is 27.9 Å². The molecule has 0 aliphatic carbocycles. The number of rotatable bonds is 11. The van der Waals surface area contributed by atoms with Crippen molar-refractivity contribution >= 4 is 29.8 Å². The predicted octanol–water partition coefficient (Wildman–Crippen LogP) is -0.784. The summed E-state index contributed by atoms with van der Waals surface area (Å²) in [7, 11) is 1.07. The quantitative estimate of drug-likeness (QED) is 0.233. The van der Waals surface area contributed by atoms with Gasteiger partial charge in [-0.05, 0) is 17.7 Å². The molecule has 1 aliphatic heterocycles. The molecule has 1 aliphatic rings. The summed E-state index contributed by atoms with van der Waals surface area (Å²) in [6, 6.07) is 4.56. The SMILES string of the molecule is COC(=O)[C@H]1O[C@@H](Oc2ccc(CO)cc2CNC(=O)CCN)[C@H](OC(C)=O)[C@@H](OC(C)=O)[C@@H]1OC(C)=O. The average molecular weight is 541 g/mol. The molecule has 14 heteroatoms. The maximum Gasteiger partial charge on any atom is 0.339 e. The smallest absolute Gasteiger partial charge is 0.339 e. The van der Waals surface area contributed by atoms with Crippen LogP contribution in [0.15, 0.2) is 18.2 Å². The standard InChI is InChI=1S/C24H32N2O12/c1-12(28)34-19-20(35-13(2)29)22(36-14(3)30)24(38-21(19)23(32)33-4)37-17-6-5-15(11-27)9-16(17)10-26-18(31)7-8-25/h5-6,9,19-22,24,27H,7-8,10-11,25H2,1-4H3,(H,26,31)/t19-,20-,21-,22+,24+/m0/s1. The second kappa shape index (κ2) is 14.3. The van der Waals surface area contributed by atoms with E-state index >= 15 is 0 Å². The molecule has 1 heterocycles. The van der Waals surface area contributed by atoms with Crippen molar-refractivity contribution in [1.82, 2.24) is 5.32 Å². The maximum atomic E-state index is 12.6. The van der Waals surface area contributed by atoms with Gasteiger partial charge in [0.2, 0.25) is 18.3 Å². The van der Waals surface area contributed by atoms with Gasteiger partial charge in [-0.1, -0.05) is 6.07 Å². The van der Waals surface area contributed by atoms with E-state index < -0.39 is 54.6 Å². The highest BCUT2D eigenvalue weighted by atomic mass is 16.7. The van der Waals surface area contributed by atoms with Crippen molar-refractivity contribution in [2.24, 2.45) is 5.73 Å². The van der Waals surface area contributed by atoms with Gasteiger partial charge < -0.3 is 44.6 Å². The summed E-state index contributed by atoms with van der Waals surface area (Å²) >= 11 is 0. The molecule has 0 radical (unpaired) electrons. The minimum absolute atomic E-state index is 0.0309. The minimum atomic E-state index is -1.63. The first-order valence-corrected chi connectivity index (χ1v) is 11.6. The van der Waals surface area contributed by atoms with Crippen LogP contribution in [0.25, 0.3) is 0 Å². The zero-order valence-corrected chi connectivity index (χ0v) is 21.5. The van der Waals surface area contributed by atoms with Crippen LogP contribution in [0.1, 0.15) is 38.3 Å². The third-order valence-electron chi connectivity index (χ3n) is 5.23. The molecular weight excluding hydrogens is 508 g/mol. The van der Waals surface area contributed by atoms with Crippen LogP contribution in [-0.4, -0.2) is 79.3 Å². The molecule has 1 saturated heterocycles. The van der Waals surface area contributed by atoms with Crippen molar-refractivity contribution < 1.29 is 57.5 Å². The number of ether oxygens (including phenoxy) is 6. The number of amides is 1. The van der Waals surface area contributed by atoms with Crippen LogP contribution in [0, 0.1) is 0 Å². The predicted molar refractivity (Wildman–Crippen MR) is 126 cm³/mol. The Morgan fingerprint density at radius 1 is 0.974 bits per heavy atom. The molecule has 0 aromatic heterocycles.